The number of piperidine rings is 1. The molecule has 134 valence electrons. The summed E-state index contributed by atoms with van der Waals surface area (Å²) in [6.45, 7) is 6.39. The maximum absolute atomic E-state index is 12.7. The molecule has 3 rings (SSSR count). The zero-order valence-electron chi connectivity index (χ0n) is 14.6. The summed E-state index contributed by atoms with van der Waals surface area (Å²) in [4.78, 5) is 30.4. The van der Waals surface area contributed by atoms with Gasteiger partial charge in [0.15, 0.2) is 17.6 Å². The lowest BCUT2D eigenvalue weighted by molar-refractivity contribution is -0.150. The molecule has 1 N–H and O–H groups in total. The van der Waals surface area contributed by atoms with E-state index in [9.17, 15) is 14.7 Å². The number of likely N-dealkylation sites (tertiary alicyclic amines) is 1. The number of carboxylic acids is 1. The van der Waals surface area contributed by atoms with Crippen LogP contribution in [-0.2, 0) is 10.3 Å². The third kappa shape index (κ3) is 2.92. The second-order valence-corrected chi connectivity index (χ2v) is 6.81. The predicted octanol–water partition coefficient (Wildman–Crippen LogP) is 2.02. The summed E-state index contributed by atoms with van der Waals surface area (Å²) in [6, 6.07) is 0. The molecule has 0 unspecified atom stereocenters. The molecule has 0 bridgehead atoms. The molecule has 0 aliphatic carbocycles. The summed E-state index contributed by atoms with van der Waals surface area (Å²) < 4.78 is 6.84. The molecular weight excluding hydrogens is 324 g/mol. The van der Waals surface area contributed by atoms with Gasteiger partial charge >= 0.3 is 5.97 Å². The zero-order chi connectivity index (χ0) is 18.2. The van der Waals surface area contributed by atoms with Gasteiger partial charge in [-0.05, 0) is 12.5 Å². The number of carbonyl (C=O) groups is 2. The van der Waals surface area contributed by atoms with Crippen LogP contribution in [0.2, 0.25) is 0 Å². The summed E-state index contributed by atoms with van der Waals surface area (Å²) in [5.74, 6) is -0.528. The van der Waals surface area contributed by atoms with Crippen LogP contribution in [0.15, 0.2) is 23.2 Å². The number of amides is 1. The van der Waals surface area contributed by atoms with Crippen molar-refractivity contribution >= 4 is 11.9 Å². The van der Waals surface area contributed by atoms with E-state index in [-0.39, 0.29) is 11.8 Å². The topological polar surface area (TPSA) is 101 Å². The molecule has 2 aromatic rings. The molecule has 25 heavy (non-hydrogen) atoms. The highest BCUT2D eigenvalue weighted by atomic mass is 16.4. The van der Waals surface area contributed by atoms with Crippen molar-refractivity contribution in [2.24, 2.45) is 0 Å². The monoisotopic (exact) mass is 346 g/mol. The first kappa shape index (κ1) is 17.2. The van der Waals surface area contributed by atoms with Gasteiger partial charge in [0.2, 0.25) is 0 Å². The maximum Gasteiger partial charge on any atom is 0.331 e. The Labute approximate surface area is 145 Å². The van der Waals surface area contributed by atoms with Gasteiger partial charge in [-0.2, -0.15) is 5.10 Å². The third-order valence-corrected chi connectivity index (χ3v) is 4.75. The van der Waals surface area contributed by atoms with E-state index in [4.69, 9.17) is 4.42 Å². The molecule has 1 saturated heterocycles. The molecule has 8 nitrogen and oxygen atoms in total. The van der Waals surface area contributed by atoms with Crippen LogP contribution in [0.4, 0.5) is 0 Å². The first-order valence-corrected chi connectivity index (χ1v) is 8.33. The Balaban J connectivity index is 1.79. The van der Waals surface area contributed by atoms with Crippen LogP contribution in [0, 0.1) is 6.92 Å². The van der Waals surface area contributed by atoms with Crippen molar-refractivity contribution in [3.8, 4) is 0 Å². The fourth-order valence-electron chi connectivity index (χ4n) is 3.24. The normalized spacial score (nSPS) is 17.0. The molecule has 0 saturated carbocycles. The van der Waals surface area contributed by atoms with Crippen LogP contribution < -0.4 is 0 Å². The van der Waals surface area contributed by atoms with E-state index in [1.165, 1.54) is 11.1 Å². The number of hydrogen-bond acceptors (Lipinski definition) is 5. The van der Waals surface area contributed by atoms with Crippen LogP contribution in [-0.4, -0.2) is 49.7 Å². The van der Waals surface area contributed by atoms with Gasteiger partial charge in [0, 0.05) is 38.0 Å². The van der Waals surface area contributed by atoms with Crippen molar-refractivity contribution in [2.45, 2.75) is 45.1 Å². The summed E-state index contributed by atoms with van der Waals surface area (Å²) in [6.07, 6.45) is 5.25. The third-order valence-electron chi connectivity index (χ3n) is 4.75. The van der Waals surface area contributed by atoms with E-state index in [2.05, 4.69) is 10.1 Å². The number of oxazole rings is 1. The average molecular weight is 346 g/mol. The average Bonchev–Trinajstić information content (AvgIpc) is 3.23. The van der Waals surface area contributed by atoms with Gasteiger partial charge in [0.05, 0.1) is 6.20 Å². The highest BCUT2D eigenvalue weighted by Gasteiger charge is 2.45. The lowest BCUT2D eigenvalue weighted by Crippen LogP contribution is -2.52. The number of aryl methyl sites for hydroxylation is 1. The van der Waals surface area contributed by atoms with E-state index in [0.717, 1.165) is 5.56 Å². The Morgan fingerprint density at radius 2 is 2.00 bits per heavy atom. The van der Waals surface area contributed by atoms with Crippen molar-refractivity contribution < 1.29 is 19.1 Å². The fraction of sp³-hybridized carbons (Fsp3) is 0.529. The minimum absolute atomic E-state index is 0.0522. The molecule has 0 atom stereocenters. The van der Waals surface area contributed by atoms with Crippen molar-refractivity contribution in [1.82, 2.24) is 19.7 Å². The molecule has 2 aromatic heterocycles. The Kier molecular flexibility index (Phi) is 4.36. The van der Waals surface area contributed by atoms with Gasteiger partial charge in [0.1, 0.15) is 5.76 Å². The van der Waals surface area contributed by atoms with Gasteiger partial charge in [-0.1, -0.05) is 13.8 Å². The van der Waals surface area contributed by atoms with Crippen LogP contribution in [0.3, 0.4) is 0 Å². The van der Waals surface area contributed by atoms with Crippen molar-refractivity contribution in [2.75, 3.05) is 13.1 Å². The lowest BCUT2D eigenvalue weighted by Gasteiger charge is -2.38. The van der Waals surface area contributed by atoms with Gasteiger partial charge in [-0.3, -0.25) is 9.48 Å². The van der Waals surface area contributed by atoms with Gasteiger partial charge in [0.25, 0.3) is 5.91 Å². The van der Waals surface area contributed by atoms with E-state index in [1.807, 2.05) is 20.8 Å². The first-order valence-electron chi connectivity index (χ1n) is 8.33. The molecule has 0 spiro atoms. The smallest absolute Gasteiger partial charge is 0.331 e. The number of hydrogen-bond donors (Lipinski definition) is 1. The number of carboxylic acid groups (broad SMARTS) is 1. The van der Waals surface area contributed by atoms with Crippen molar-refractivity contribution in [1.29, 1.82) is 0 Å². The second kappa shape index (κ2) is 6.34. The van der Waals surface area contributed by atoms with Crippen molar-refractivity contribution in [3.05, 3.63) is 35.8 Å². The van der Waals surface area contributed by atoms with E-state index in [0.29, 0.717) is 37.4 Å². The summed E-state index contributed by atoms with van der Waals surface area (Å²) in [5.41, 5.74) is 0.103. The van der Waals surface area contributed by atoms with Crippen molar-refractivity contribution in [3.63, 3.8) is 0 Å². The SMILES string of the molecule is Cc1cnn(C2(C(=O)O)CCN(C(=O)c3ncoc3C(C)C)CC2)c1. The largest absolute Gasteiger partial charge is 0.479 e. The highest BCUT2D eigenvalue weighted by Crippen LogP contribution is 2.31. The second-order valence-electron chi connectivity index (χ2n) is 6.81. The maximum atomic E-state index is 12.7. The molecule has 3 heterocycles. The number of rotatable bonds is 4. The van der Waals surface area contributed by atoms with Crippen LogP contribution in [0.25, 0.3) is 0 Å². The molecule has 1 amide bonds. The molecule has 8 heteroatoms. The molecule has 0 radical (unpaired) electrons. The minimum atomic E-state index is -1.12. The van der Waals surface area contributed by atoms with Gasteiger partial charge < -0.3 is 14.4 Å². The zero-order valence-corrected chi connectivity index (χ0v) is 14.6. The van der Waals surface area contributed by atoms with Crippen LogP contribution >= 0.6 is 0 Å². The van der Waals surface area contributed by atoms with E-state index >= 15 is 0 Å². The molecule has 1 aliphatic rings. The van der Waals surface area contributed by atoms with E-state index < -0.39 is 11.5 Å². The van der Waals surface area contributed by atoms with Crippen LogP contribution in [0.1, 0.15) is 54.4 Å². The Hall–Kier alpha value is -2.64. The lowest BCUT2D eigenvalue weighted by atomic mass is 9.87. The molecule has 1 fully saturated rings. The predicted molar refractivity (Wildman–Crippen MR) is 88.3 cm³/mol. The Morgan fingerprint density at radius 3 is 2.52 bits per heavy atom. The highest BCUT2D eigenvalue weighted by molar-refractivity contribution is 5.93. The number of carbonyl (C=O) groups excluding carboxylic acids is 1. The van der Waals surface area contributed by atoms with Gasteiger partial charge in [-0.15, -0.1) is 0 Å². The molecule has 1 aliphatic heterocycles. The van der Waals surface area contributed by atoms with Crippen LogP contribution in [0.5, 0.6) is 0 Å². The fourth-order valence-corrected chi connectivity index (χ4v) is 3.24. The Bertz CT molecular complexity index is 784. The number of aliphatic carboxylic acids is 1. The quantitative estimate of drug-likeness (QED) is 0.909. The van der Waals surface area contributed by atoms with E-state index in [1.54, 1.807) is 17.3 Å². The Morgan fingerprint density at radius 1 is 1.32 bits per heavy atom. The minimum Gasteiger partial charge on any atom is -0.479 e. The number of aromatic nitrogens is 3. The summed E-state index contributed by atoms with van der Waals surface area (Å²) in [7, 11) is 0. The van der Waals surface area contributed by atoms with Gasteiger partial charge in [-0.25, -0.2) is 9.78 Å². The summed E-state index contributed by atoms with van der Waals surface area (Å²) in [5, 5.41) is 14.0. The first-order chi connectivity index (χ1) is 11.8. The molecule has 0 aromatic carbocycles. The number of nitrogens with zero attached hydrogens (tertiary/aromatic N) is 4. The summed E-state index contributed by atoms with van der Waals surface area (Å²) >= 11 is 0. The standard InChI is InChI=1S/C17H22N4O4/c1-11(2)14-13(18-10-25-14)15(22)20-6-4-17(5-7-20,16(23)24)21-9-12(3)8-19-21/h8-11H,4-7H2,1-3H3,(H,23,24). The molecular formula is C17H22N4O4.